The van der Waals surface area contributed by atoms with Crippen molar-refractivity contribution in [3.63, 3.8) is 0 Å². The van der Waals surface area contributed by atoms with Crippen LogP contribution in [0.2, 0.25) is 0 Å². The summed E-state index contributed by atoms with van der Waals surface area (Å²) in [5.41, 5.74) is 0. The van der Waals surface area contributed by atoms with Crippen molar-refractivity contribution in [1.29, 1.82) is 0 Å². The molecule has 2 rings (SSSR count). The third-order valence-corrected chi connectivity index (χ3v) is 8.26. The Hall–Kier alpha value is -1.40. The van der Waals surface area contributed by atoms with Gasteiger partial charge in [0, 0.05) is 45.3 Å². The van der Waals surface area contributed by atoms with Crippen LogP contribution in [0.15, 0.2) is 23.1 Å². The van der Waals surface area contributed by atoms with Gasteiger partial charge in [-0.3, -0.25) is 0 Å². The highest BCUT2D eigenvalue weighted by Gasteiger charge is 2.30. The summed E-state index contributed by atoms with van der Waals surface area (Å²) in [5, 5.41) is 3.09. The molecule has 0 bridgehead atoms. The van der Waals surface area contributed by atoms with Crippen molar-refractivity contribution in [1.82, 2.24) is 13.9 Å². The smallest absolute Gasteiger partial charge is 0.246 e. The molecule has 1 N–H and O–H groups in total. The number of nitrogens with one attached hydrogen (secondary N) is 1. The quantitative estimate of drug-likeness (QED) is 0.596. The summed E-state index contributed by atoms with van der Waals surface area (Å²) in [4.78, 5) is -0.0502. The number of nitrogens with zero attached hydrogens (tertiary/aromatic N) is 2. The second-order valence-corrected chi connectivity index (χ2v) is 9.97. The standard InChI is InChI=1S/C16H27N3O6S2/c1-4-18(11-12-26(20,21)19-9-7-17-8-10-19)27(22,23)16-13-14(24-2)5-6-15(16)25-3/h5-6,13,17H,4,7-12H2,1-3H3. The van der Waals surface area contributed by atoms with E-state index in [1.807, 2.05) is 0 Å². The number of ether oxygens (including phenoxy) is 2. The molecule has 9 nitrogen and oxygen atoms in total. The molecule has 0 saturated carbocycles. The molecule has 1 heterocycles. The Labute approximate surface area is 161 Å². The number of sulfonamides is 2. The predicted octanol–water partition coefficient (Wildman–Crippen LogP) is -0.0506. The molecule has 11 heteroatoms. The van der Waals surface area contributed by atoms with E-state index in [0.717, 1.165) is 4.31 Å². The minimum absolute atomic E-state index is 0.0502. The minimum atomic E-state index is -3.95. The highest BCUT2D eigenvalue weighted by molar-refractivity contribution is 7.90. The predicted molar refractivity (Wildman–Crippen MR) is 102 cm³/mol. The summed E-state index contributed by atoms with van der Waals surface area (Å²) in [6.45, 7) is 3.65. The molecule has 1 aromatic rings. The molecule has 1 aromatic carbocycles. The van der Waals surface area contributed by atoms with E-state index in [-0.39, 0.29) is 29.5 Å². The summed E-state index contributed by atoms with van der Waals surface area (Å²) in [6.07, 6.45) is 0. The highest BCUT2D eigenvalue weighted by Crippen LogP contribution is 2.30. The molecule has 154 valence electrons. The summed E-state index contributed by atoms with van der Waals surface area (Å²) >= 11 is 0. The fourth-order valence-corrected chi connectivity index (χ4v) is 6.03. The molecule has 0 aliphatic carbocycles. The van der Waals surface area contributed by atoms with Crippen LogP contribution in [0.3, 0.4) is 0 Å². The maximum absolute atomic E-state index is 13.1. The zero-order valence-corrected chi connectivity index (χ0v) is 17.5. The molecule has 1 aliphatic rings. The lowest BCUT2D eigenvalue weighted by molar-refractivity contribution is 0.356. The van der Waals surface area contributed by atoms with Crippen LogP contribution in [-0.4, -0.2) is 84.7 Å². The van der Waals surface area contributed by atoms with E-state index >= 15 is 0 Å². The zero-order chi connectivity index (χ0) is 20.1. The van der Waals surface area contributed by atoms with Gasteiger partial charge in [-0.25, -0.2) is 16.8 Å². The second-order valence-electron chi connectivity index (χ2n) is 5.98. The zero-order valence-electron chi connectivity index (χ0n) is 15.8. The van der Waals surface area contributed by atoms with Crippen molar-refractivity contribution < 1.29 is 26.3 Å². The molecule has 0 aromatic heterocycles. The van der Waals surface area contributed by atoms with Crippen molar-refractivity contribution in [3.05, 3.63) is 18.2 Å². The molecule has 0 spiro atoms. The first-order valence-corrected chi connectivity index (χ1v) is 11.7. The summed E-state index contributed by atoms with van der Waals surface area (Å²) in [5.74, 6) is 0.282. The van der Waals surface area contributed by atoms with Crippen LogP contribution in [0.4, 0.5) is 0 Å². The third kappa shape index (κ3) is 5.11. The Bertz CT molecular complexity index is 836. The van der Waals surface area contributed by atoms with Crippen molar-refractivity contribution in [2.75, 3.05) is 59.2 Å². The Morgan fingerprint density at radius 3 is 2.33 bits per heavy atom. The van der Waals surface area contributed by atoms with Gasteiger partial charge in [-0.2, -0.15) is 8.61 Å². The monoisotopic (exact) mass is 421 g/mol. The van der Waals surface area contributed by atoms with Crippen molar-refractivity contribution in [2.24, 2.45) is 0 Å². The average Bonchev–Trinajstić information content (AvgIpc) is 2.68. The molecule has 0 atom stereocenters. The molecule has 27 heavy (non-hydrogen) atoms. The Balaban J connectivity index is 2.23. The van der Waals surface area contributed by atoms with Crippen LogP contribution in [-0.2, 0) is 20.0 Å². The first-order valence-electron chi connectivity index (χ1n) is 8.67. The van der Waals surface area contributed by atoms with Gasteiger partial charge in [-0.15, -0.1) is 0 Å². The van der Waals surface area contributed by atoms with E-state index < -0.39 is 20.0 Å². The number of methoxy groups -OCH3 is 2. The number of hydrogen-bond acceptors (Lipinski definition) is 7. The fraction of sp³-hybridized carbons (Fsp3) is 0.625. The lowest BCUT2D eigenvalue weighted by Gasteiger charge is -2.28. The van der Waals surface area contributed by atoms with Gasteiger partial charge < -0.3 is 14.8 Å². The average molecular weight is 422 g/mol. The molecular weight excluding hydrogens is 394 g/mol. The number of benzene rings is 1. The van der Waals surface area contributed by atoms with Gasteiger partial charge in [0.1, 0.15) is 16.4 Å². The van der Waals surface area contributed by atoms with E-state index in [4.69, 9.17) is 9.47 Å². The minimum Gasteiger partial charge on any atom is -0.497 e. The molecule has 1 saturated heterocycles. The maximum atomic E-state index is 13.1. The van der Waals surface area contributed by atoms with Gasteiger partial charge in [0.25, 0.3) is 0 Å². The normalized spacial score (nSPS) is 16.4. The summed E-state index contributed by atoms with van der Waals surface area (Å²) < 4.78 is 64.0. The van der Waals surface area contributed by atoms with E-state index in [9.17, 15) is 16.8 Å². The second kappa shape index (κ2) is 9.20. The van der Waals surface area contributed by atoms with Gasteiger partial charge in [0.05, 0.1) is 20.0 Å². The number of piperazine rings is 1. The number of rotatable bonds is 9. The molecule has 1 aliphatic heterocycles. The molecule has 0 unspecified atom stereocenters. The lowest BCUT2D eigenvalue weighted by Crippen LogP contribution is -2.48. The Kier molecular flexibility index (Phi) is 7.46. The lowest BCUT2D eigenvalue weighted by atomic mass is 10.3. The van der Waals surface area contributed by atoms with Crippen LogP contribution in [0.5, 0.6) is 11.5 Å². The summed E-state index contributed by atoms with van der Waals surface area (Å²) in [7, 11) is -4.65. The Morgan fingerprint density at radius 2 is 1.78 bits per heavy atom. The summed E-state index contributed by atoms with van der Waals surface area (Å²) in [6, 6.07) is 4.49. The maximum Gasteiger partial charge on any atom is 0.246 e. The van der Waals surface area contributed by atoms with Gasteiger partial charge in [0.2, 0.25) is 20.0 Å². The van der Waals surface area contributed by atoms with E-state index in [1.54, 1.807) is 13.0 Å². The van der Waals surface area contributed by atoms with Crippen LogP contribution in [0, 0.1) is 0 Å². The largest absolute Gasteiger partial charge is 0.497 e. The van der Waals surface area contributed by atoms with Gasteiger partial charge in [-0.1, -0.05) is 6.92 Å². The highest BCUT2D eigenvalue weighted by atomic mass is 32.2. The van der Waals surface area contributed by atoms with Gasteiger partial charge >= 0.3 is 0 Å². The van der Waals surface area contributed by atoms with Gasteiger partial charge in [-0.05, 0) is 12.1 Å². The molecule has 1 fully saturated rings. The fourth-order valence-electron chi connectivity index (χ4n) is 2.84. The van der Waals surface area contributed by atoms with Gasteiger partial charge in [0.15, 0.2) is 0 Å². The third-order valence-electron chi connectivity index (χ3n) is 4.41. The molecule has 0 radical (unpaired) electrons. The van der Waals surface area contributed by atoms with Crippen molar-refractivity contribution >= 4 is 20.0 Å². The van der Waals surface area contributed by atoms with Crippen molar-refractivity contribution in [3.8, 4) is 11.5 Å². The molecule has 0 amide bonds. The topological polar surface area (TPSA) is 105 Å². The first kappa shape index (κ1) is 21.9. The van der Waals surface area contributed by atoms with E-state index in [1.165, 1.54) is 30.7 Å². The SMILES string of the molecule is CCN(CCS(=O)(=O)N1CCNCC1)S(=O)(=O)c1cc(OC)ccc1OC. The van der Waals surface area contributed by atoms with E-state index in [2.05, 4.69) is 5.32 Å². The number of hydrogen-bond donors (Lipinski definition) is 1. The van der Waals surface area contributed by atoms with E-state index in [0.29, 0.717) is 31.9 Å². The van der Waals surface area contributed by atoms with Crippen LogP contribution < -0.4 is 14.8 Å². The van der Waals surface area contributed by atoms with Crippen LogP contribution >= 0.6 is 0 Å². The van der Waals surface area contributed by atoms with Crippen LogP contribution in [0.1, 0.15) is 6.92 Å². The molecular formula is C16H27N3O6S2. The Morgan fingerprint density at radius 1 is 1.11 bits per heavy atom. The van der Waals surface area contributed by atoms with Crippen LogP contribution in [0.25, 0.3) is 0 Å². The first-order chi connectivity index (χ1) is 12.8. The van der Waals surface area contributed by atoms with Crippen molar-refractivity contribution in [2.45, 2.75) is 11.8 Å².